The minimum atomic E-state index is 0.405. The summed E-state index contributed by atoms with van der Waals surface area (Å²) in [5.41, 5.74) is 10.5. The van der Waals surface area contributed by atoms with Gasteiger partial charge in [-0.2, -0.15) is 0 Å². The van der Waals surface area contributed by atoms with Gasteiger partial charge in [-0.05, 0) is 29.8 Å². The molecule has 1 fully saturated rings. The highest BCUT2D eigenvalue weighted by molar-refractivity contribution is 5.98. The van der Waals surface area contributed by atoms with Crippen LogP contribution in [0.5, 0.6) is 0 Å². The van der Waals surface area contributed by atoms with E-state index in [-0.39, 0.29) is 0 Å². The van der Waals surface area contributed by atoms with Crippen molar-refractivity contribution < 1.29 is 4.74 Å². The number of anilines is 3. The van der Waals surface area contributed by atoms with Gasteiger partial charge in [0.1, 0.15) is 18.0 Å². The zero-order chi connectivity index (χ0) is 21.9. The van der Waals surface area contributed by atoms with E-state index in [1.54, 1.807) is 6.20 Å². The van der Waals surface area contributed by atoms with Crippen LogP contribution in [-0.4, -0.2) is 58.3 Å². The van der Waals surface area contributed by atoms with Crippen LogP contribution in [0.15, 0.2) is 55.2 Å². The summed E-state index contributed by atoms with van der Waals surface area (Å²) in [6.45, 7) is 3.81. The zero-order valence-electron chi connectivity index (χ0n) is 17.8. The van der Waals surface area contributed by atoms with E-state index in [1.807, 2.05) is 49.8 Å². The fraction of sp³-hybridized carbons (Fsp3) is 0.261. The molecule has 1 aliphatic rings. The molecule has 0 spiro atoms. The Morgan fingerprint density at radius 2 is 1.97 bits per heavy atom. The second-order valence-electron chi connectivity index (χ2n) is 7.71. The van der Waals surface area contributed by atoms with E-state index in [9.17, 15) is 0 Å². The second kappa shape index (κ2) is 8.72. The number of nitrogens with two attached hydrogens (primary N) is 1. The molecule has 9 heteroatoms. The van der Waals surface area contributed by atoms with Crippen molar-refractivity contribution in [3.05, 3.63) is 60.8 Å². The van der Waals surface area contributed by atoms with Gasteiger partial charge in [-0.1, -0.05) is 6.07 Å². The number of nitrogen functional groups attached to an aromatic ring is 1. The number of rotatable bonds is 5. The van der Waals surface area contributed by atoms with Crippen molar-refractivity contribution in [1.29, 1.82) is 0 Å². The number of morpholine rings is 1. The van der Waals surface area contributed by atoms with E-state index in [4.69, 9.17) is 15.5 Å². The largest absolute Gasteiger partial charge is 0.383 e. The van der Waals surface area contributed by atoms with Gasteiger partial charge in [0, 0.05) is 50.8 Å². The number of ether oxygens (including phenoxy) is 1. The maximum absolute atomic E-state index is 6.22. The molecule has 2 N–H and O–H groups in total. The first-order valence-electron chi connectivity index (χ1n) is 10.5. The van der Waals surface area contributed by atoms with Gasteiger partial charge in [0.2, 0.25) is 0 Å². The fourth-order valence-corrected chi connectivity index (χ4v) is 3.88. The van der Waals surface area contributed by atoms with Crippen molar-refractivity contribution in [1.82, 2.24) is 24.9 Å². The third-order valence-electron chi connectivity index (χ3n) is 5.55. The first-order chi connectivity index (χ1) is 15.7. The van der Waals surface area contributed by atoms with Gasteiger partial charge in [0.05, 0.1) is 30.0 Å². The molecule has 9 nitrogen and oxygen atoms in total. The lowest BCUT2D eigenvalue weighted by Crippen LogP contribution is -2.36. The lowest BCUT2D eigenvalue weighted by Gasteiger charge is -2.27. The summed E-state index contributed by atoms with van der Waals surface area (Å²) in [5.74, 6) is 1.35. The molecular weight excluding hydrogens is 404 g/mol. The molecule has 0 radical (unpaired) electrons. The molecule has 162 valence electrons. The van der Waals surface area contributed by atoms with E-state index in [2.05, 4.69) is 29.7 Å². The zero-order valence-corrected chi connectivity index (χ0v) is 17.8. The summed E-state index contributed by atoms with van der Waals surface area (Å²) in [6.07, 6.45) is 6.92. The van der Waals surface area contributed by atoms with Gasteiger partial charge in [0.15, 0.2) is 5.65 Å². The topological polar surface area (TPSA) is 106 Å². The first-order valence-corrected chi connectivity index (χ1v) is 10.5. The molecule has 0 bridgehead atoms. The summed E-state index contributed by atoms with van der Waals surface area (Å²) < 4.78 is 5.43. The van der Waals surface area contributed by atoms with Crippen molar-refractivity contribution in [2.24, 2.45) is 0 Å². The third kappa shape index (κ3) is 4.02. The summed E-state index contributed by atoms with van der Waals surface area (Å²) in [5, 5.41) is 0.737. The Labute approximate surface area is 185 Å². The summed E-state index contributed by atoms with van der Waals surface area (Å²) >= 11 is 0. The van der Waals surface area contributed by atoms with E-state index in [0.29, 0.717) is 18.0 Å². The van der Waals surface area contributed by atoms with Gasteiger partial charge in [-0.25, -0.2) is 19.9 Å². The molecule has 5 heterocycles. The number of hydrogen-bond donors (Lipinski definition) is 1. The lowest BCUT2D eigenvalue weighted by atomic mass is 10.1. The molecule has 4 aromatic rings. The molecule has 0 aromatic carbocycles. The first kappa shape index (κ1) is 20.1. The van der Waals surface area contributed by atoms with Crippen LogP contribution in [-0.2, 0) is 11.3 Å². The Morgan fingerprint density at radius 3 is 2.72 bits per heavy atom. The van der Waals surface area contributed by atoms with Crippen molar-refractivity contribution in [3.63, 3.8) is 0 Å². The van der Waals surface area contributed by atoms with E-state index in [1.165, 1.54) is 6.33 Å². The Bertz CT molecular complexity index is 1210. The predicted molar refractivity (Wildman–Crippen MR) is 124 cm³/mol. The van der Waals surface area contributed by atoms with Gasteiger partial charge in [-0.15, -0.1) is 0 Å². The smallest absolute Gasteiger partial charge is 0.167 e. The van der Waals surface area contributed by atoms with Gasteiger partial charge in [0.25, 0.3) is 0 Å². The molecule has 5 rings (SSSR count). The predicted octanol–water partition coefficient (Wildman–Crippen LogP) is 2.54. The van der Waals surface area contributed by atoms with Crippen LogP contribution in [0, 0.1) is 0 Å². The molecule has 32 heavy (non-hydrogen) atoms. The molecule has 0 saturated carbocycles. The molecule has 0 unspecified atom stereocenters. The second-order valence-corrected chi connectivity index (χ2v) is 7.71. The van der Waals surface area contributed by atoms with Gasteiger partial charge < -0.3 is 20.3 Å². The number of nitrogens with zero attached hydrogens (tertiary/aromatic N) is 7. The normalized spacial score (nSPS) is 14.0. The van der Waals surface area contributed by atoms with Crippen molar-refractivity contribution >= 4 is 28.4 Å². The van der Waals surface area contributed by atoms with E-state index >= 15 is 0 Å². The van der Waals surface area contributed by atoms with Crippen LogP contribution in [0.2, 0.25) is 0 Å². The highest BCUT2D eigenvalue weighted by Gasteiger charge is 2.17. The van der Waals surface area contributed by atoms with Gasteiger partial charge >= 0.3 is 0 Å². The standard InChI is InChI=1S/C23H24N8O/c1-30(14-16-3-2-6-25-12-16)19-11-18(29-23-21(19)22(24)27-15-28-23)17-4-5-20(26-13-17)31-7-9-32-10-8-31/h2-6,11-13,15H,7-10,14H2,1H3,(H2,24,27,28,29). The minimum absolute atomic E-state index is 0.405. The average molecular weight is 429 g/mol. The van der Waals surface area contributed by atoms with Crippen molar-refractivity contribution in [2.75, 3.05) is 48.9 Å². The number of hydrogen-bond acceptors (Lipinski definition) is 9. The van der Waals surface area contributed by atoms with Crippen LogP contribution in [0.25, 0.3) is 22.3 Å². The fourth-order valence-electron chi connectivity index (χ4n) is 3.88. The van der Waals surface area contributed by atoms with Crippen LogP contribution in [0.1, 0.15) is 5.56 Å². The maximum Gasteiger partial charge on any atom is 0.167 e. The number of aromatic nitrogens is 5. The van der Waals surface area contributed by atoms with Crippen LogP contribution < -0.4 is 15.5 Å². The highest BCUT2D eigenvalue weighted by atomic mass is 16.5. The number of fused-ring (bicyclic) bond motifs is 1. The Morgan fingerprint density at radius 1 is 1.09 bits per heavy atom. The SMILES string of the molecule is CN(Cc1cccnc1)c1cc(-c2ccc(N3CCOCC3)nc2)nc2ncnc(N)c12. The molecule has 1 aliphatic heterocycles. The van der Waals surface area contributed by atoms with Crippen LogP contribution in [0.3, 0.4) is 0 Å². The van der Waals surface area contributed by atoms with E-state index < -0.39 is 0 Å². The molecule has 0 aliphatic carbocycles. The Hall–Kier alpha value is -3.85. The Balaban J connectivity index is 1.52. The highest BCUT2D eigenvalue weighted by Crippen LogP contribution is 2.33. The van der Waals surface area contributed by atoms with Crippen molar-refractivity contribution in [3.8, 4) is 11.3 Å². The quantitative estimate of drug-likeness (QED) is 0.513. The molecule has 0 amide bonds. The molecule has 0 atom stereocenters. The summed E-state index contributed by atoms with van der Waals surface area (Å²) in [6, 6.07) is 10.1. The third-order valence-corrected chi connectivity index (χ3v) is 5.55. The summed E-state index contributed by atoms with van der Waals surface area (Å²) in [7, 11) is 2.01. The Kier molecular flexibility index (Phi) is 5.47. The van der Waals surface area contributed by atoms with E-state index in [0.717, 1.165) is 60.0 Å². The minimum Gasteiger partial charge on any atom is -0.383 e. The number of pyridine rings is 3. The molecule has 1 saturated heterocycles. The molecular formula is C23H24N8O. The maximum atomic E-state index is 6.22. The van der Waals surface area contributed by atoms with Crippen LogP contribution >= 0.6 is 0 Å². The monoisotopic (exact) mass is 428 g/mol. The lowest BCUT2D eigenvalue weighted by molar-refractivity contribution is 0.122. The molecule has 4 aromatic heterocycles. The van der Waals surface area contributed by atoms with Gasteiger partial charge in [-0.3, -0.25) is 4.98 Å². The van der Waals surface area contributed by atoms with Crippen LogP contribution in [0.4, 0.5) is 17.3 Å². The van der Waals surface area contributed by atoms with Crippen molar-refractivity contribution in [2.45, 2.75) is 6.54 Å². The average Bonchev–Trinajstić information content (AvgIpc) is 2.85. The summed E-state index contributed by atoms with van der Waals surface area (Å²) in [4.78, 5) is 26.5.